The number of furan rings is 1. The Balaban J connectivity index is 1.81. The summed E-state index contributed by atoms with van der Waals surface area (Å²) in [4.78, 5) is 13.0. The van der Waals surface area contributed by atoms with Crippen LogP contribution in [0.3, 0.4) is 0 Å². The van der Waals surface area contributed by atoms with E-state index in [1.54, 1.807) is 31.6 Å². The van der Waals surface area contributed by atoms with Crippen molar-refractivity contribution in [3.05, 3.63) is 83.3 Å². The lowest BCUT2D eigenvalue weighted by Crippen LogP contribution is -2.87. The summed E-state index contributed by atoms with van der Waals surface area (Å²) in [6.45, 7) is 2.01. The van der Waals surface area contributed by atoms with Crippen LogP contribution in [0.25, 0.3) is 0 Å². The molecule has 1 aromatic heterocycles. The monoisotopic (exact) mass is 385 g/mol. The molecular weight excluding hydrogens is 364 g/mol. The number of benzene rings is 2. The zero-order valence-corrected chi connectivity index (χ0v) is 15.9. The molecule has 27 heavy (non-hydrogen) atoms. The number of hydrogen-bond acceptors (Lipinski definition) is 3. The van der Waals surface area contributed by atoms with Crippen LogP contribution in [0.4, 0.5) is 5.69 Å². The molecule has 1 heterocycles. The van der Waals surface area contributed by atoms with E-state index < -0.39 is 6.04 Å². The van der Waals surface area contributed by atoms with Gasteiger partial charge in [0.25, 0.3) is 5.91 Å². The average Bonchev–Trinajstić information content (AvgIpc) is 3.21. The number of quaternary nitrogens is 1. The summed E-state index contributed by atoms with van der Waals surface area (Å²) >= 11 is 6.16. The van der Waals surface area contributed by atoms with Crippen LogP contribution in [-0.2, 0) is 4.79 Å². The highest BCUT2D eigenvalue weighted by Crippen LogP contribution is 2.27. The largest absolute Gasteiger partial charge is 0.495 e. The van der Waals surface area contributed by atoms with Crippen LogP contribution in [0.1, 0.15) is 30.3 Å². The Morgan fingerprint density at radius 3 is 2.56 bits per heavy atom. The maximum Gasteiger partial charge on any atom is 0.287 e. The van der Waals surface area contributed by atoms with Crippen LogP contribution in [0, 0.1) is 0 Å². The third-order valence-electron chi connectivity index (χ3n) is 4.33. The van der Waals surface area contributed by atoms with Crippen LogP contribution in [-0.4, -0.2) is 13.0 Å². The first-order chi connectivity index (χ1) is 13.1. The molecule has 0 fully saturated rings. The Morgan fingerprint density at radius 1 is 1.15 bits per heavy atom. The van der Waals surface area contributed by atoms with Gasteiger partial charge in [0, 0.05) is 11.3 Å². The van der Waals surface area contributed by atoms with Crippen molar-refractivity contribution in [3.63, 3.8) is 0 Å². The van der Waals surface area contributed by atoms with Crippen LogP contribution in [0.2, 0.25) is 5.02 Å². The molecule has 0 saturated heterocycles. The molecule has 2 aromatic carbocycles. The molecule has 6 heteroatoms. The Kier molecular flexibility index (Phi) is 6.16. The second kappa shape index (κ2) is 8.75. The molecule has 0 aliphatic heterocycles. The van der Waals surface area contributed by atoms with Crippen LogP contribution < -0.4 is 15.4 Å². The molecule has 0 aliphatic rings. The molecule has 0 bridgehead atoms. The van der Waals surface area contributed by atoms with Crippen molar-refractivity contribution in [1.82, 2.24) is 0 Å². The first-order valence-corrected chi connectivity index (χ1v) is 9.04. The van der Waals surface area contributed by atoms with Crippen molar-refractivity contribution in [3.8, 4) is 5.75 Å². The Hall–Kier alpha value is -2.76. The van der Waals surface area contributed by atoms with Crippen molar-refractivity contribution in [2.75, 3.05) is 12.4 Å². The van der Waals surface area contributed by atoms with E-state index in [4.69, 9.17) is 20.8 Å². The molecule has 3 N–H and O–H groups in total. The number of halogens is 1. The third kappa shape index (κ3) is 4.70. The van der Waals surface area contributed by atoms with E-state index in [-0.39, 0.29) is 11.9 Å². The molecule has 2 atom stereocenters. The second-order valence-electron chi connectivity index (χ2n) is 6.22. The fourth-order valence-electron chi connectivity index (χ4n) is 2.91. The van der Waals surface area contributed by atoms with E-state index >= 15 is 0 Å². The minimum Gasteiger partial charge on any atom is -0.495 e. The van der Waals surface area contributed by atoms with Gasteiger partial charge in [-0.2, -0.15) is 0 Å². The molecule has 3 rings (SSSR count). The highest BCUT2D eigenvalue weighted by Gasteiger charge is 2.28. The number of amides is 1. The summed E-state index contributed by atoms with van der Waals surface area (Å²) in [5.41, 5.74) is 1.53. The Labute approximate surface area is 163 Å². The SMILES string of the molecule is COc1ccc(NC(=O)[C@H]([NH2+][C@H](C)c2ccco2)c2ccccc2)cc1Cl. The Bertz CT molecular complexity index is 882. The lowest BCUT2D eigenvalue weighted by Gasteiger charge is -2.19. The summed E-state index contributed by atoms with van der Waals surface area (Å²) in [6, 6.07) is 18.1. The predicted octanol–water partition coefficient (Wildman–Crippen LogP) is 3.95. The number of carbonyl (C=O) groups is 1. The first-order valence-electron chi connectivity index (χ1n) is 8.66. The van der Waals surface area contributed by atoms with Gasteiger partial charge in [0.15, 0.2) is 11.8 Å². The minimum absolute atomic E-state index is 0.0181. The zero-order chi connectivity index (χ0) is 19.2. The summed E-state index contributed by atoms with van der Waals surface area (Å²) in [5, 5.41) is 5.37. The summed E-state index contributed by atoms with van der Waals surface area (Å²) in [5.74, 6) is 1.24. The molecule has 0 radical (unpaired) electrons. The van der Waals surface area contributed by atoms with Gasteiger partial charge in [-0.1, -0.05) is 41.9 Å². The maximum atomic E-state index is 13.0. The van der Waals surface area contributed by atoms with Crippen LogP contribution in [0.5, 0.6) is 5.75 Å². The van der Waals surface area contributed by atoms with Crippen LogP contribution >= 0.6 is 11.6 Å². The fraction of sp³-hybridized carbons (Fsp3) is 0.190. The minimum atomic E-state index is -0.438. The molecule has 5 nitrogen and oxygen atoms in total. The van der Waals surface area contributed by atoms with Crippen molar-refractivity contribution >= 4 is 23.2 Å². The normalized spacial score (nSPS) is 13.0. The lowest BCUT2D eigenvalue weighted by molar-refractivity contribution is -0.720. The molecule has 3 aromatic rings. The number of methoxy groups -OCH3 is 1. The summed E-state index contributed by atoms with van der Waals surface area (Å²) in [6.07, 6.45) is 1.64. The van der Waals surface area contributed by atoms with Gasteiger partial charge < -0.3 is 19.8 Å². The predicted molar refractivity (Wildman–Crippen MR) is 105 cm³/mol. The summed E-state index contributed by atoms with van der Waals surface area (Å²) < 4.78 is 10.6. The first kappa shape index (κ1) is 19.0. The molecule has 0 unspecified atom stereocenters. The van der Waals surface area contributed by atoms with Gasteiger partial charge >= 0.3 is 0 Å². The zero-order valence-electron chi connectivity index (χ0n) is 15.2. The van der Waals surface area contributed by atoms with Gasteiger partial charge in [-0.05, 0) is 37.3 Å². The van der Waals surface area contributed by atoms with Crippen molar-refractivity contribution < 1.29 is 19.3 Å². The fourth-order valence-corrected chi connectivity index (χ4v) is 3.17. The second-order valence-corrected chi connectivity index (χ2v) is 6.63. The summed E-state index contributed by atoms with van der Waals surface area (Å²) in [7, 11) is 1.55. The van der Waals surface area contributed by atoms with E-state index in [9.17, 15) is 4.79 Å². The van der Waals surface area contributed by atoms with Crippen molar-refractivity contribution in [2.24, 2.45) is 0 Å². The standard InChI is InChI=1S/C21H21ClN2O3/c1-14(18-9-6-12-27-18)23-20(15-7-4-3-5-8-15)21(25)24-16-10-11-19(26-2)17(22)13-16/h3-14,20,23H,1-2H3,(H,24,25)/p+1/t14-,20-/m1/s1. The molecule has 1 amide bonds. The number of anilines is 1. The van der Waals surface area contributed by atoms with E-state index in [2.05, 4.69) is 5.32 Å². The molecule has 140 valence electrons. The van der Waals surface area contributed by atoms with E-state index in [1.165, 1.54) is 0 Å². The number of nitrogens with one attached hydrogen (secondary N) is 1. The van der Waals surface area contributed by atoms with E-state index in [0.29, 0.717) is 16.5 Å². The van der Waals surface area contributed by atoms with Crippen molar-refractivity contribution in [1.29, 1.82) is 0 Å². The number of nitrogens with two attached hydrogens (primary N) is 1. The lowest BCUT2D eigenvalue weighted by atomic mass is 10.0. The maximum absolute atomic E-state index is 13.0. The topological polar surface area (TPSA) is 68.1 Å². The highest BCUT2D eigenvalue weighted by molar-refractivity contribution is 6.32. The molecule has 0 spiro atoms. The van der Waals surface area contributed by atoms with Crippen LogP contribution in [0.15, 0.2) is 71.3 Å². The van der Waals surface area contributed by atoms with E-state index in [1.807, 2.05) is 54.7 Å². The quantitative estimate of drug-likeness (QED) is 0.647. The molecule has 0 aliphatic carbocycles. The number of rotatable bonds is 7. The highest BCUT2D eigenvalue weighted by atomic mass is 35.5. The van der Waals surface area contributed by atoms with Gasteiger partial charge in [0.2, 0.25) is 0 Å². The van der Waals surface area contributed by atoms with Gasteiger partial charge in [-0.15, -0.1) is 0 Å². The third-order valence-corrected chi connectivity index (χ3v) is 4.63. The van der Waals surface area contributed by atoms with Gasteiger partial charge in [0.1, 0.15) is 11.8 Å². The number of hydrogen-bond donors (Lipinski definition) is 2. The smallest absolute Gasteiger partial charge is 0.287 e. The Morgan fingerprint density at radius 2 is 1.93 bits per heavy atom. The molecular formula is C21H22ClN2O3+. The number of carbonyl (C=O) groups excluding carboxylic acids is 1. The molecule has 0 saturated carbocycles. The van der Waals surface area contributed by atoms with E-state index in [0.717, 1.165) is 11.3 Å². The van der Waals surface area contributed by atoms with Gasteiger partial charge in [-0.25, -0.2) is 0 Å². The van der Waals surface area contributed by atoms with Gasteiger partial charge in [0.05, 0.1) is 18.4 Å². The average molecular weight is 386 g/mol. The van der Waals surface area contributed by atoms with Gasteiger partial charge in [-0.3, -0.25) is 4.79 Å². The number of ether oxygens (including phenoxy) is 1. The van der Waals surface area contributed by atoms with Crippen molar-refractivity contribution in [2.45, 2.75) is 19.0 Å².